The van der Waals surface area contributed by atoms with Crippen LogP contribution < -0.4 is 10.2 Å². The topological polar surface area (TPSA) is 85.5 Å². The van der Waals surface area contributed by atoms with Gasteiger partial charge in [-0.3, -0.25) is 0 Å². The van der Waals surface area contributed by atoms with Crippen LogP contribution in [0.5, 0.6) is 0 Å². The van der Waals surface area contributed by atoms with Crippen LogP contribution in [-0.2, 0) is 6.54 Å². The van der Waals surface area contributed by atoms with Crippen molar-refractivity contribution in [3.8, 4) is 11.3 Å². The third-order valence-electron chi connectivity index (χ3n) is 5.49. The molecule has 7 nitrogen and oxygen atoms in total. The van der Waals surface area contributed by atoms with Gasteiger partial charge in [0.25, 0.3) is 0 Å². The van der Waals surface area contributed by atoms with E-state index >= 15 is 0 Å². The molecule has 142 valence electrons. The van der Waals surface area contributed by atoms with Crippen molar-refractivity contribution >= 4 is 16.6 Å². The summed E-state index contributed by atoms with van der Waals surface area (Å²) in [5, 5.41) is 18.7. The Bertz CT molecular complexity index is 1010. The van der Waals surface area contributed by atoms with Crippen LogP contribution in [0.15, 0.2) is 54.6 Å². The van der Waals surface area contributed by atoms with Gasteiger partial charge < -0.3 is 15.2 Å². The van der Waals surface area contributed by atoms with Gasteiger partial charge in [-0.05, 0) is 53.1 Å². The van der Waals surface area contributed by atoms with Gasteiger partial charge in [0.05, 0.1) is 6.54 Å². The number of fused-ring (bicyclic) bond motifs is 1. The lowest BCUT2D eigenvalue weighted by molar-refractivity contribution is 0.410. The highest BCUT2D eigenvalue weighted by atomic mass is 15.5. The van der Waals surface area contributed by atoms with E-state index in [1.54, 1.807) is 0 Å². The molecular weight excluding hydrogens is 350 g/mol. The highest BCUT2D eigenvalue weighted by Gasteiger charge is 2.19. The van der Waals surface area contributed by atoms with Crippen molar-refractivity contribution in [2.75, 3.05) is 18.0 Å². The Morgan fingerprint density at radius 2 is 1.93 bits per heavy atom. The zero-order valence-corrected chi connectivity index (χ0v) is 15.6. The SMILES string of the molecule is c1cc(-c2cc3ccccc3[nH]2)cc(N2CCC(NCc3nnn[nH]3)CC2)c1. The van der Waals surface area contributed by atoms with E-state index < -0.39 is 0 Å². The number of hydrogen-bond acceptors (Lipinski definition) is 5. The first kappa shape index (κ1) is 16.9. The summed E-state index contributed by atoms with van der Waals surface area (Å²) in [6.45, 7) is 2.78. The molecule has 7 heteroatoms. The third-order valence-corrected chi connectivity index (χ3v) is 5.49. The molecule has 1 aliphatic heterocycles. The molecular formula is C21H23N7. The van der Waals surface area contributed by atoms with Crippen molar-refractivity contribution in [2.45, 2.75) is 25.4 Å². The number of anilines is 1. The summed E-state index contributed by atoms with van der Waals surface area (Å²) in [5.74, 6) is 0.786. The molecule has 2 aromatic carbocycles. The van der Waals surface area contributed by atoms with Gasteiger partial charge in [0.1, 0.15) is 0 Å². The molecule has 3 N–H and O–H groups in total. The summed E-state index contributed by atoms with van der Waals surface area (Å²) >= 11 is 0. The van der Waals surface area contributed by atoms with Gasteiger partial charge in [-0.15, -0.1) is 5.10 Å². The van der Waals surface area contributed by atoms with E-state index in [4.69, 9.17) is 0 Å². The van der Waals surface area contributed by atoms with Gasteiger partial charge in [0.2, 0.25) is 0 Å². The molecule has 5 rings (SSSR count). The van der Waals surface area contributed by atoms with Crippen molar-refractivity contribution < 1.29 is 0 Å². The van der Waals surface area contributed by atoms with E-state index in [0.717, 1.165) is 31.8 Å². The van der Waals surface area contributed by atoms with Gasteiger partial charge >= 0.3 is 0 Å². The first-order valence-electron chi connectivity index (χ1n) is 9.74. The second-order valence-electron chi connectivity index (χ2n) is 7.31. The van der Waals surface area contributed by atoms with Crippen LogP contribution in [0.1, 0.15) is 18.7 Å². The quantitative estimate of drug-likeness (QED) is 0.500. The molecule has 0 bridgehead atoms. The zero-order chi connectivity index (χ0) is 18.8. The van der Waals surface area contributed by atoms with E-state index in [9.17, 15) is 0 Å². The first-order chi connectivity index (χ1) is 13.8. The van der Waals surface area contributed by atoms with Crippen molar-refractivity contribution in [3.63, 3.8) is 0 Å². The minimum Gasteiger partial charge on any atom is -0.371 e. The predicted octanol–water partition coefficient (Wildman–Crippen LogP) is 3.11. The number of tetrazole rings is 1. The number of para-hydroxylation sites is 1. The van der Waals surface area contributed by atoms with Crippen molar-refractivity contribution in [2.24, 2.45) is 0 Å². The Morgan fingerprint density at radius 1 is 1.04 bits per heavy atom. The Morgan fingerprint density at radius 3 is 2.75 bits per heavy atom. The fourth-order valence-electron chi connectivity index (χ4n) is 3.94. The molecule has 1 saturated heterocycles. The van der Waals surface area contributed by atoms with Crippen LogP contribution in [0, 0.1) is 0 Å². The first-order valence-corrected chi connectivity index (χ1v) is 9.74. The number of piperidine rings is 1. The fraction of sp³-hybridized carbons (Fsp3) is 0.286. The average Bonchev–Trinajstić information content (AvgIpc) is 3.42. The number of aromatic nitrogens is 5. The molecule has 0 radical (unpaired) electrons. The lowest BCUT2D eigenvalue weighted by Crippen LogP contribution is -2.42. The second kappa shape index (κ2) is 7.44. The number of H-pyrrole nitrogens is 2. The molecule has 28 heavy (non-hydrogen) atoms. The predicted molar refractivity (Wildman–Crippen MR) is 110 cm³/mol. The van der Waals surface area contributed by atoms with Crippen LogP contribution in [0.2, 0.25) is 0 Å². The number of aromatic amines is 2. The summed E-state index contributed by atoms with van der Waals surface area (Å²) in [5.41, 5.74) is 4.86. The maximum Gasteiger partial charge on any atom is 0.162 e. The Hall–Kier alpha value is -3.19. The summed E-state index contributed by atoms with van der Waals surface area (Å²) in [4.78, 5) is 6.00. The van der Waals surface area contributed by atoms with Gasteiger partial charge in [0, 0.05) is 41.4 Å². The Balaban J connectivity index is 1.25. The van der Waals surface area contributed by atoms with Gasteiger partial charge in [0.15, 0.2) is 5.82 Å². The molecule has 0 amide bonds. The van der Waals surface area contributed by atoms with E-state index in [1.807, 2.05) is 0 Å². The van der Waals surface area contributed by atoms with Crippen molar-refractivity contribution in [1.82, 2.24) is 30.9 Å². The molecule has 1 aliphatic rings. The molecule has 2 aromatic heterocycles. The summed E-state index contributed by atoms with van der Waals surface area (Å²) in [7, 11) is 0. The van der Waals surface area contributed by atoms with Gasteiger partial charge in [-0.25, -0.2) is 5.10 Å². The largest absolute Gasteiger partial charge is 0.371 e. The van der Waals surface area contributed by atoms with Crippen LogP contribution in [0.25, 0.3) is 22.2 Å². The molecule has 0 aliphatic carbocycles. The standard InChI is InChI=1S/C21H23N7/c1-2-7-19-16(4-1)13-20(23-19)15-5-3-6-18(12-15)28-10-8-17(9-11-28)22-14-21-24-26-27-25-21/h1-7,12-13,17,22-23H,8-11,14H2,(H,24,25,26,27). The minimum absolute atomic E-state index is 0.498. The summed E-state index contributed by atoms with van der Waals surface area (Å²) in [6.07, 6.45) is 2.22. The average molecular weight is 373 g/mol. The molecule has 0 saturated carbocycles. The summed E-state index contributed by atoms with van der Waals surface area (Å²) < 4.78 is 0. The molecule has 0 atom stereocenters. The van der Waals surface area contributed by atoms with E-state index in [1.165, 1.54) is 27.8 Å². The van der Waals surface area contributed by atoms with Crippen LogP contribution in [-0.4, -0.2) is 44.7 Å². The van der Waals surface area contributed by atoms with Crippen LogP contribution >= 0.6 is 0 Å². The monoisotopic (exact) mass is 373 g/mol. The van der Waals surface area contributed by atoms with Crippen LogP contribution in [0.4, 0.5) is 5.69 Å². The molecule has 1 fully saturated rings. The smallest absolute Gasteiger partial charge is 0.162 e. The van der Waals surface area contributed by atoms with E-state index in [2.05, 4.69) is 90.4 Å². The number of nitrogens with one attached hydrogen (secondary N) is 3. The Labute approximate surface area is 163 Å². The van der Waals surface area contributed by atoms with E-state index in [-0.39, 0.29) is 0 Å². The third kappa shape index (κ3) is 3.48. The fourth-order valence-corrected chi connectivity index (χ4v) is 3.94. The maximum atomic E-state index is 3.92. The highest BCUT2D eigenvalue weighted by Crippen LogP contribution is 2.28. The van der Waals surface area contributed by atoms with E-state index in [0.29, 0.717) is 12.6 Å². The van der Waals surface area contributed by atoms with Crippen molar-refractivity contribution in [3.05, 3.63) is 60.4 Å². The van der Waals surface area contributed by atoms with Gasteiger partial charge in [-0.2, -0.15) is 0 Å². The molecule has 4 aromatic rings. The summed E-state index contributed by atoms with van der Waals surface area (Å²) in [6, 6.07) is 20.0. The number of nitrogens with zero attached hydrogens (tertiary/aromatic N) is 4. The number of hydrogen-bond donors (Lipinski definition) is 3. The Kier molecular flexibility index (Phi) is 4.50. The second-order valence-corrected chi connectivity index (χ2v) is 7.31. The van der Waals surface area contributed by atoms with Crippen molar-refractivity contribution in [1.29, 1.82) is 0 Å². The molecule has 3 heterocycles. The number of rotatable bonds is 5. The van der Waals surface area contributed by atoms with Crippen LogP contribution in [0.3, 0.4) is 0 Å². The maximum absolute atomic E-state index is 3.92. The normalized spacial score (nSPS) is 15.4. The molecule has 0 unspecified atom stereocenters. The van der Waals surface area contributed by atoms with Gasteiger partial charge in [-0.1, -0.05) is 30.3 Å². The lowest BCUT2D eigenvalue weighted by atomic mass is 10.0. The zero-order valence-electron chi connectivity index (χ0n) is 15.6. The molecule has 0 spiro atoms. The minimum atomic E-state index is 0.498. The lowest BCUT2D eigenvalue weighted by Gasteiger charge is -2.34. The number of benzene rings is 2. The highest BCUT2D eigenvalue weighted by molar-refractivity contribution is 5.86.